The van der Waals surface area contributed by atoms with E-state index in [2.05, 4.69) is 13.0 Å². The zero-order valence-corrected chi connectivity index (χ0v) is 12.2. The summed E-state index contributed by atoms with van der Waals surface area (Å²) in [6, 6.07) is 9.30. The number of hydrogen-bond acceptors (Lipinski definition) is 3. The summed E-state index contributed by atoms with van der Waals surface area (Å²) in [6.45, 7) is 3.93. The van der Waals surface area contributed by atoms with Crippen molar-refractivity contribution in [3.8, 4) is 0 Å². The molecule has 2 rings (SSSR count). The Labute approximate surface area is 117 Å². The van der Waals surface area contributed by atoms with Gasteiger partial charge in [0.1, 0.15) is 5.82 Å². The summed E-state index contributed by atoms with van der Waals surface area (Å²) in [6.07, 6.45) is 0. The molecule has 0 aliphatic carbocycles. The first-order valence-corrected chi connectivity index (χ1v) is 7.20. The van der Waals surface area contributed by atoms with Crippen LogP contribution in [0.1, 0.15) is 36.4 Å². The molecule has 1 unspecified atom stereocenters. The molecule has 2 atom stereocenters. The Kier molecular flexibility index (Phi) is 4.22. The maximum Gasteiger partial charge on any atom is 0.146 e. The van der Waals surface area contributed by atoms with Crippen molar-refractivity contribution in [1.82, 2.24) is 0 Å². The molecule has 0 bridgehead atoms. The number of halogens is 1. The molecule has 4 heteroatoms. The summed E-state index contributed by atoms with van der Waals surface area (Å²) >= 11 is 1.68. The molecule has 0 spiro atoms. The highest BCUT2D eigenvalue weighted by molar-refractivity contribution is 7.10. The zero-order chi connectivity index (χ0) is 14.0. The van der Waals surface area contributed by atoms with Gasteiger partial charge in [0.25, 0.3) is 0 Å². The second kappa shape index (κ2) is 5.72. The van der Waals surface area contributed by atoms with Gasteiger partial charge in [-0.3, -0.25) is 0 Å². The van der Waals surface area contributed by atoms with Gasteiger partial charge < -0.3 is 10.6 Å². The smallest absolute Gasteiger partial charge is 0.146 e. The fraction of sp³-hybridized carbons (Fsp3) is 0.333. The van der Waals surface area contributed by atoms with E-state index >= 15 is 0 Å². The minimum atomic E-state index is -0.222. The molecule has 19 heavy (non-hydrogen) atoms. The normalized spacial score (nSPS) is 14.2. The number of hydrogen-bond donors (Lipinski definition) is 1. The van der Waals surface area contributed by atoms with E-state index in [1.807, 2.05) is 36.4 Å². The average Bonchev–Trinajstić information content (AvgIpc) is 2.90. The van der Waals surface area contributed by atoms with Gasteiger partial charge in [-0.15, -0.1) is 11.3 Å². The molecule has 1 heterocycles. The number of anilines is 1. The van der Waals surface area contributed by atoms with E-state index in [-0.39, 0.29) is 17.9 Å². The lowest BCUT2D eigenvalue weighted by molar-refractivity contribution is 0.608. The Morgan fingerprint density at radius 2 is 2.00 bits per heavy atom. The lowest BCUT2D eigenvalue weighted by Crippen LogP contribution is -2.22. The van der Waals surface area contributed by atoms with Crippen LogP contribution in [0.25, 0.3) is 0 Å². The van der Waals surface area contributed by atoms with Crippen molar-refractivity contribution in [2.75, 3.05) is 11.9 Å². The first-order valence-electron chi connectivity index (χ1n) is 6.32. The quantitative estimate of drug-likeness (QED) is 0.912. The lowest BCUT2D eigenvalue weighted by atomic mass is 10.1. The van der Waals surface area contributed by atoms with Crippen LogP contribution in [0.3, 0.4) is 0 Å². The van der Waals surface area contributed by atoms with E-state index in [1.165, 1.54) is 10.9 Å². The van der Waals surface area contributed by atoms with E-state index in [0.717, 1.165) is 5.56 Å². The molecule has 0 saturated carbocycles. The van der Waals surface area contributed by atoms with Gasteiger partial charge in [-0.1, -0.05) is 12.1 Å². The Hall–Kier alpha value is -1.39. The number of rotatable bonds is 4. The molecule has 0 fully saturated rings. The fourth-order valence-corrected chi connectivity index (χ4v) is 2.85. The number of nitrogens with two attached hydrogens (primary N) is 1. The molecule has 0 aliphatic rings. The van der Waals surface area contributed by atoms with Crippen molar-refractivity contribution in [2.24, 2.45) is 5.73 Å². The fourth-order valence-electron chi connectivity index (χ4n) is 2.02. The van der Waals surface area contributed by atoms with Crippen LogP contribution in [0.2, 0.25) is 0 Å². The highest BCUT2D eigenvalue weighted by Gasteiger charge is 2.17. The van der Waals surface area contributed by atoms with Crippen LogP contribution >= 0.6 is 11.3 Å². The Balaban J connectivity index is 2.26. The van der Waals surface area contributed by atoms with Crippen molar-refractivity contribution < 1.29 is 4.39 Å². The SMILES string of the molecule is CC(c1cccs1)N(C)c1ccc([C@@H](C)N)cc1F. The third kappa shape index (κ3) is 2.96. The summed E-state index contributed by atoms with van der Waals surface area (Å²) in [7, 11) is 1.91. The molecule has 0 amide bonds. The van der Waals surface area contributed by atoms with Gasteiger partial charge in [-0.05, 0) is 43.0 Å². The van der Waals surface area contributed by atoms with E-state index in [9.17, 15) is 4.39 Å². The maximum atomic E-state index is 14.2. The van der Waals surface area contributed by atoms with Crippen LogP contribution < -0.4 is 10.6 Å². The molecule has 102 valence electrons. The minimum absolute atomic E-state index is 0.149. The highest BCUT2D eigenvalue weighted by atomic mass is 32.1. The standard InChI is InChI=1S/C15H19FN2S/c1-10(17)12-6-7-14(13(16)9-12)18(3)11(2)15-5-4-8-19-15/h4-11H,17H2,1-3H3/t10-,11?/m1/s1. The molecule has 1 aromatic carbocycles. The minimum Gasteiger partial charge on any atom is -0.365 e. The molecule has 2 nitrogen and oxygen atoms in total. The predicted octanol–water partition coefficient (Wildman–Crippen LogP) is 4.10. The highest BCUT2D eigenvalue weighted by Crippen LogP contribution is 2.30. The number of benzene rings is 1. The van der Waals surface area contributed by atoms with Gasteiger partial charge in [0.15, 0.2) is 0 Å². The van der Waals surface area contributed by atoms with Crippen LogP contribution in [0, 0.1) is 5.82 Å². The van der Waals surface area contributed by atoms with Gasteiger partial charge in [0, 0.05) is 18.0 Å². The van der Waals surface area contributed by atoms with Crippen LogP contribution in [-0.4, -0.2) is 7.05 Å². The summed E-state index contributed by atoms with van der Waals surface area (Å²) in [5.74, 6) is -0.222. The van der Waals surface area contributed by atoms with E-state index < -0.39 is 0 Å². The van der Waals surface area contributed by atoms with Gasteiger partial charge in [-0.25, -0.2) is 4.39 Å². The molecular weight excluding hydrogens is 259 g/mol. The predicted molar refractivity (Wildman–Crippen MR) is 80.1 cm³/mol. The number of thiophene rings is 1. The second-order valence-electron chi connectivity index (χ2n) is 4.80. The molecule has 0 saturated heterocycles. The third-order valence-corrected chi connectivity index (χ3v) is 4.46. The van der Waals surface area contributed by atoms with Crippen LogP contribution in [-0.2, 0) is 0 Å². The van der Waals surface area contributed by atoms with Crippen molar-refractivity contribution in [2.45, 2.75) is 25.9 Å². The van der Waals surface area contributed by atoms with Crippen LogP contribution in [0.15, 0.2) is 35.7 Å². The van der Waals surface area contributed by atoms with Crippen molar-refractivity contribution in [3.05, 3.63) is 52.0 Å². The van der Waals surface area contributed by atoms with Gasteiger partial charge in [0.2, 0.25) is 0 Å². The molecule has 2 aromatic rings. The van der Waals surface area contributed by atoms with Crippen molar-refractivity contribution >= 4 is 17.0 Å². The monoisotopic (exact) mass is 278 g/mol. The average molecular weight is 278 g/mol. The second-order valence-corrected chi connectivity index (χ2v) is 5.78. The summed E-state index contributed by atoms with van der Waals surface area (Å²) < 4.78 is 14.2. The molecule has 2 N–H and O–H groups in total. The summed E-state index contributed by atoms with van der Waals surface area (Å²) in [5, 5.41) is 2.04. The van der Waals surface area contributed by atoms with E-state index in [4.69, 9.17) is 5.73 Å². The topological polar surface area (TPSA) is 29.3 Å². The lowest BCUT2D eigenvalue weighted by Gasteiger charge is -2.27. The van der Waals surface area contributed by atoms with E-state index in [1.54, 1.807) is 17.4 Å². The van der Waals surface area contributed by atoms with Crippen LogP contribution in [0.5, 0.6) is 0 Å². The molecule has 0 radical (unpaired) electrons. The zero-order valence-electron chi connectivity index (χ0n) is 11.4. The first-order chi connectivity index (χ1) is 9.00. The van der Waals surface area contributed by atoms with Gasteiger partial charge in [-0.2, -0.15) is 0 Å². The maximum absolute atomic E-state index is 14.2. The van der Waals surface area contributed by atoms with Crippen LogP contribution in [0.4, 0.5) is 10.1 Å². The molecular formula is C15H19FN2S. The van der Waals surface area contributed by atoms with E-state index in [0.29, 0.717) is 5.69 Å². The van der Waals surface area contributed by atoms with Gasteiger partial charge in [0.05, 0.1) is 11.7 Å². The number of nitrogens with zero attached hydrogens (tertiary/aromatic N) is 1. The Morgan fingerprint density at radius 1 is 1.26 bits per heavy atom. The third-order valence-electron chi connectivity index (χ3n) is 3.41. The largest absolute Gasteiger partial charge is 0.365 e. The Morgan fingerprint density at radius 3 is 2.53 bits per heavy atom. The van der Waals surface area contributed by atoms with Crippen molar-refractivity contribution in [3.63, 3.8) is 0 Å². The molecule has 0 aliphatic heterocycles. The summed E-state index contributed by atoms with van der Waals surface area (Å²) in [5.41, 5.74) is 7.19. The summed E-state index contributed by atoms with van der Waals surface area (Å²) in [4.78, 5) is 3.17. The first kappa shape index (κ1) is 14.0. The van der Waals surface area contributed by atoms with Crippen molar-refractivity contribution in [1.29, 1.82) is 0 Å². The Bertz CT molecular complexity index is 537. The van der Waals surface area contributed by atoms with Gasteiger partial charge >= 0.3 is 0 Å². The molecule has 1 aromatic heterocycles.